The Morgan fingerprint density at radius 1 is 1.18 bits per heavy atom. The smallest absolute Gasteiger partial charge is 0.435 e. The van der Waals surface area contributed by atoms with E-state index in [2.05, 4.69) is 10.8 Å². The van der Waals surface area contributed by atoms with E-state index in [1.165, 1.54) is 11.4 Å². The van der Waals surface area contributed by atoms with Crippen molar-refractivity contribution in [1.82, 2.24) is 4.57 Å². The summed E-state index contributed by atoms with van der Waals surface area (Å²) in [5, 5.41) is 12.2. The largest absolute Gasteiger partial charge is 0.518 e. The third-order valence-electron chi connectivity index (χ3n) is 6.57. The zero-order valence-electron chi connectivity index (χ0n) is 18.8. The number of halogens is 2. The number of primary amides is 1. The van der Waals surface area contributed by atoms with Gasteiger partial charge in [-0.05, 0) is 74.3 Å². The summed E-state index contributed by atoms with van der Waals surface area (Å²) in [6.07, 6.45) is 3.98. The lowest BCUT2D eigenvalue weighted by Gasteiger charge is -2.12. The van der Waals surface area contributed by atoms with Gasteiger partial charge < -0.3 is 14.0 Å². The van der Waals surface area contributed by atoms with Gasteiger partial charge in [0, 0.05) is 30.1 Å². The summed E-state index contributed by atoms with van der Waals surface area (Å²) in [7, 11) is 0. The standard InChI is InChI=1S/C26H25F2N3O3/c1-15(17-4-5-17)33-26(32)30-19-8-6-18(7-9-19)24-22(13-29)21-11-10-20(34-25(27)28)12-23(21)31(24)14-16-2-3-16/h6-12,15-17,25H,2-5,14H2,1H3,(H,30,32)/p+1. The minimum absolute atomic E-state index is 0.0666. The number of carbonyl (C=O) groups is 1. The van der Waals surface area contributed by atoms with Crippen molar-refractivity contribution in [3.63, 3.8) is 0 Å². The predicted octanol–water partition coefficient (Wildman–Crippen LogP) is 5.32. The van der Waals surface area contributed by atoms with Crippen molar-refractivity contribution in [3.8, 4) is 23.1 Å². The van der Waals surface area contributed by atoms with Crippen LogP contribution < -0.4 is 10.1 Å². The van der Waals surface area contributed by atoms with Crippen LogP contribution in [0.3, 0.4) is 0 Å². The van der Waals surface area contributed by atoms with Crippen molar-refractivity contribution in [2.45, 2.75) is 51.9 Å². The molecule has 1 unspecified atom stereocenters. The number of alkyl halides is 2. The molecule has 3 aromatic rings. The second-order valence-corrected chi connectivity index (χ2v) is 9.19. The lowest BCUT2D eigenvalue weighted by molar-refractivity contribution is -0.484. The number of fused-ring (bicyclic) bond motifs is 1. The number of hydrogen-bond acceptors (Lipinski definition) is 4. The third kappa shape index (κ3) is 4.75. The Morgan fingerprint density at radius 3 is 2.53 bits per heavy atom. The van der Waals surface area contributed by atoms with Gasteiger partial charge in [0.1, 0.15) is 23.6 Å². The van der Waals surface area contributed by atoms with Gasteiger partial charge in [0.15, 0.2) is 0 Å². The normalized spacial score (nSPS) is 16.4. The van der Waals surface area contributed by atoms with Crippen molar-refractivity contribution in [3.05, 3.63) is 48.0 Å². The number of rotatable bonds is 8. The first-order valence-corrected chi connectivity index (χ1v) is 11.6. The van der Waals surface area contributed by atoms with Crippen LogP contribution in [0, 0.1) is 23.2 Å². The van der Waals surface area contributed by atoms with E-state index < -0.39 is 6.61 Å². The Kier molecular flexibility index (Phi) is 5.96. The molecule has 2 saturated carbocycles. The molecule has 5 rings (SSSR count). The highest BCUT2D eigenvalue weighted by molar-refractivity contribution is 5.95. The van der Waals surface area contributed by atoms with Gasteiger partial charge in [0.2, 0.25) is 0 Å². The maximum Gasteiger partial charge on any atom is 0.518 e. The average molecular weight is 467 g/mol. The van der Waals surface area contributed by atoms with Crippen molar-refractivity contribution < 1.29 is 28.4 Å². The SMILES string of the molecule is CC(OC(=O)[NH2+]c1ccc(-c2c(C#N)c3ccc(OC(F)F)cc3n2CC2CC2)cc1)C1CC1. The molecule has 2 N–H and O–H groups in total. The second kappa shape index (κ2) is 9.07. The van der Waals surface area contributed by atoms with Crippen LogP contribution in [0.5, 0.6) is 5.75 Å². The van der Waals surface area contributed by atoms with E-state index in [9.17, 15) is 18.8 Å². The summed E-state index contributed by atoms with van der Waals surface area (Å²) < 4.78 is 37.7. The van der Waals surface area contributed by atoms with Crippen LogP contribution in [0.4, 0.5) is 19.3 Å². The Hall–Kier alpha value is -3.44. The molecule has 0 radical (unpaired) electrons. The fraction of sp³-hybridized carbons (Fsp3) is 0.385. The van der Waals surface area contributed by atoms with Gasteiger partial charge in [0.05, 0.1) is 16.8 Å². The van der Waals surface area contributed by atoms with Crippen LogP contribution >= 0.6 is 0 Å². The first-order chi connectivity index (χ1) is 16.4. The van der Waals surface area contributed by atoms with Crippen molar-refractivity contribution in [1.29, 1.82) is 5.26 Å². The molecular weight excluding hydrogens is 440 g/mol. The second-order valence-electron chi connectivity index (χ2n) is 9.19. The van der Waals surface area contributed by atoms with Crippen molar-refractivity contribution >= 4 is 22.7 Å². The van der Waals surface area contributed by atoms with Gasteiger partial charge in [-0.2, -0.15) is 18.8 Å². The Bertz CT molecular complexity index is 1260. The molecule has 1 aromatic heterocycles. The number of benzene rings is 2. The summed E-state index contributed by atoms with van der Waals surface area (Å²) in [5.41, 5.74) is 3.47. The molecule has 0 spiro atoms. The quantitative estimate of drug-likeness (QED) is 0.456. The number of aromatic nitrogens is 1. The van der Waals surface area contributed by atoms with Crippen molar-refractivity contribution in [2.75, 3.05) is 0 Å². The van der Waals surface area contributed by atoms with E-state index in [4.69, 9.17) is 4.74 Å². The zero-order valence-corrected chi connectivity index (χ0v) is 18.8. The lowest BCUT2D eigenvalue weighted by Crippen LogP contribution is -2.82. The van der Waals surface area contributed by atoms with Crippen LogP contribution in [-0.2, 0) is 11.3 Å². The Labute approximate surface area is 196 Å². The molecule has 1 heterocycles. The molecule has 8 heteroatoms. The van der Waals surface area contributed by atoms with Crippen LogP contribution in [0.1, 0.15) is 38.2 Å². The van der Waals surface area contributed by atoms with Gasteiger partial charge in [-0.3, -0.25) is 0 Å². The van der Waals surface area contributed by atoms with E-state index >= 15 is 0 Å². The zero-order chi connectivity index (χ0) is 23.8. The summed E-state index contributed by atoms with van der Waals surface area (Å²) in [6.45, 7) is -0.293. The number of ether oxygens (including phenoxy) is 2. The van der Waals surface area contributed by atoms with Crippen LogP contribution in [0.25, 0.3) is 22.2 Å². The fourth-order valence-electron chi connectivity index (χ4n) is 4.42. The van der Waals surface area contributed by atoms with E-state index in [0.717, 1.165) is 36.9 Å². The Balaban J connectivity index is 1.46. The van der Waals surface area contributed by atoms with Crippen LogP contribution in [-0.4, -0.2) is 23.4 Å². The fourth-order valence-corrected chi connectivity index (χ4v) is 4.42. The molecule has 0 bridgehead atoms. The third-order valence-corrected chi connectivity index (χ3v) is 6.57. The summed E-state index contributed by atoms with van der Waals surface area (Å²) in [5.74, 6) is 1.04. The highest BCUT2D eigenvalue weighted by Gasteiger charge is 2.32. The number of nitrogens with zero attached hydrogens (tertiary/aromatic N) is 2. The van der Waals surface area contributed by atoms with E-state index in [0.29, 0.717) is 40.5 Å². The number of nitriles is 1. The predicted molar refractivity (Wildman–Crippen MR) is 122 cm³/mol. The van der Waals surface area contributed by atoms with Gasteiger partial charge >= 0.3 is 12.7 Å². The van der Waals surface area contributed by atoms with Crippen LogP contribution in [0.2, 0.25) is 0 Å². The molecule has 1 atom stereocenters. The van der Waals surface area contributed by atoms with E-state index in [-0.39, 0.29) is 17.9 Å². The number of nitrogens with two attached hydrogens (primary N) is 1. The molecule has 2 fully saturated rings. The van der Waals surface area contributed by atoms with Gasteiger partial charge in [-0.1, -0.05) is 0 Å². The minimum Gasteiger partial charge on any atom is -0.435 e. The molecule has 1 amide bonds. The molecule has 176 valence electrons. The molecular formula is C26H26F2N3O3+. The highest BCUT2D eigenvalue weighted by atomic mass is 19.3. The first-order valence-electron chi connectivity index (χ1n) is 11.6. The van der Waals surface area contributed by atoms with Gasteiger partial charge in [-0.25, -0.2) is 5.32 Å². The minimum atomic E-state index is -2.91. The molecule has 0 saturated heterocycles. The molecule has 0 aliphatic heterocycles. The maximum absolute atomic E-state index is 12.8. The Morgan fingerprint density at radius 2 is 1.91 bits per heavy atom. The molecule has 6 nitrogen and oxygen atoms in total. The molecule has 2 aromatic carbocycles. The maximum atomic E-state index is 12.8. The first kappa shape index (κ1) is 22.4. The number of quaternary nitrogens is 1. The number of hydrogen-bond donors (Lipinski definition) is 1. The van der Waals surface area contributed by atoms with Gasteiger partial charge in [0.25, 0.3) is 0 Å². The molecule has 2 aliphatic carbocycles. The monoisotopic (exact) mass is 466 g/mol. The van der Waals surface area contributed by atoms with Crippen LogP contribution in [0.15, 0.2) is 42.5 Å². The van der Waals surface area contributed by atoms with E-state index in [1.54, 1.807) is 12.1 Å². The lowest BCUT2D eigenvalue weighted by atomic mass is 10.1. The van der Waals surface area contributed by atoms with E-state index in [1.807, 2.05) is 35.8 Å². The highest BCUT2D eigenvalue weighted by Crippen LogP contribution is 2.40. The average Bonchev–Trinajstić information content (AvgIpc) is 3.71. The summed E-state index contributed by atoms with van der Waals surface area (Å²) in [4.78, 5) is 12.2. The van der Waals surface area contributed by atoms with Gasteiger partial charge in [-0.15, -0.1) is 0 Å². The topological polar surface area (TPSA) is 80.9 Å². The van der Waals surface area contributed by atoms with Crippen molar-refractivity contribution in [2.24, 2.45) is 11.8 Å². The molecule has 2 aliphatic rings. The number of amides is 1. The molecule has 34 heavy (non-hydrogen) atoms. The summed E-state index contributed by atoms with van der Waals surface area (Å²) in [6, 6.07) is 14.4. The summed E-state index contributed by atoms with van der Waals surface area (Å²) >= 11 is 0. The number of carbonyl (C=O) groups excluding carboxylic acids is 1.